The third kappa shape index (κ3) is 2.98. The van der Waals surface area contributed by atoms with E-state index in [2.05, 4.69) is 32.8 Å². The van der Waals surface area contributed by atoms with Crippen LogP contribution in [0.15, 0.2) is 66.3 Å². The molecule has 0 aliphatic heterocycles. The number of rotatable bonds is 4. The van der Waals surface area contributed by atoms with Gasteiger partial charge >= 0.3 is 0 Å². The Morgan fingerprint density at radius 3 is 2.54 bits per heavy atom. The van der Waals surface area contributed by atoms with Crippen LogP contribution in [0.25, 0.3) is 21.3 Å². The van der Waals surface area contributed by atoms with Gasteiger partial charge in [-0.3, -0.25) is 0 Å². The lowest BCUT2D eigenvalue weighted by Gasteiger charge is -2.08. The molecule has 0 fully saturated rings. The van der Waals surface area contributed by atoms with Crippen molar-refractivity contribution in [2.24, 2.45) is 0 Å². The van der Waals surface area contributed by atoms with E-state index in [0.29, 0.717) is 0 Å². The van der Waals surface area contributed by atoms with Gasteiger partial charge in [0.05, 0.1) is 5.39 Å². The van der Waals surface area contributed by atoms with Gasteiger partial charge in [-0.05, 0) is 23.3 Å². The van der Waals surface area contributed by atoms with Gasteiger partial charge in [0.1, 0.15) is 17.0 Å². The highest BCUT2D eigenvalue weighted by atomic mass is 35.5. The number of anilines is 1. The molecule has 2 aromatic carbocycles. The lowest BCUT2D eigenvalue weighted by molar-refractivity contribution is 1.11. The van der Waals surface area contributed by atoms with Gasteiger partial charge < -0.3 is 5.32 Å². The highest BCUT2D eigenvalue weighted by Crippen LogP contribution is 2.36. The lowest BCUT2D eigenvalue weighted by Crippen LogP contribution is -2.02. The maximum absolute atomic E-state index is 6.01. The second-order valence-corrected chi connectivity index (χ2v) is 6.69. The molecule has 1 N–H and O–H groups in total. The van der Waals surface area contributed by atoms with Crippen LogP contribution in [0.5, 0.6) is 0 Å². The van der Waals surface area contributed by atoms with E-state index in [1.54, 1.807) is 17.7 Å². The van der Waals surface area contributed by atoms with Crippen molar-refractivity contribution in [3.8, 4) is 11.1 Å². The third-order valence-electron chi connectivity index (χ3n) is 3.83. The van der Waals surface area contributed by atoms with Crippen LogP contribution in [0.2, 0.25) is 5.02 Å². The average molecular weight is 352 g/mol. The standard InChI is InChI=1S/C19H14ClN3S/c20-15-8-6-14(7-9-15)16-11-24-19-17(16)18(22-12-23-19)21-10-13-4-2-1-3-5-13/h1-9,11-12H,10H2,(H,21,22,23). The molecule has 0 aliphatic rings. The summed E-state index contributed by atoms with van der Waals surface area (Å²) < 4.78 is 0. The predicted octanol–water partition coefficient (Wildman–Crippen LogP) is 5.62. The van der Waals surface area contributed by atoms with Crippen LogP contribution in [0.3, 0.4) is 0 Å². The Morgan fingerprint density at radius 1 is 0.958 bits per heavy atom. The molecule has 0 bridgehead atoms. The van der Waals surface area contributed by atoms with Gasteiger partial charge in [-0.1, -0.05) is 54.1 Å². The third-order valence-corrected chi connectivity index (χ3v) is 4.97. The summed E-state index contributed by atoms with van der Waals surface area (Å²) in [5.74, 6) is 0.857. The molecule has 2 heterocycles. The van der Waals surface area contributed by atoms with E-state index in [-0.39, 0.29) is 0 Å². The Morgan fingerprint density at radius 2 is 1.75 bits per heavy atom. The fourth-order valence-electron chi connectivity index (χ4n) is 2.63. The first-order valence-electron chi connectivity index (χ1n) is 7.57. The number of aromatic nitrogens is 2. The van der Waals surface area contributed by atoms with Crippen LogP contribution < -0.4 is 5.32 Å². The summed E-state index contributed by atoms with van der Waals surface area (Å²) in [4.78, 5) is 9.84. The molecule has 0 aliphatic carbocycles. The molecule has 4 rings (SSSR count). The van der Waals surface area contributed by atoms with Crippen molar-refractivity contribution in [2.45, 2.75) is 6.54 Å². The van der Waals surface area contributed by atoms with Gasteiger partial charge in [0.25, 0.3) is 0 Å². The summed E-state index contributed by atoms with van der Waals surface area (Å²) in [6, 6.07) is 18.1. The molecule has 3 nitrogen and oxygen atoms in total. The molecule has 0 atom stereocenters. The first-order chi connectivity index (χ1) is 11.8. The number of hydrogen-bond donors (Lipinski definition) is 1. The summed E-state index contributed by atoms with van der Waals surface area (Å²) in [6.07, 6.45) is 1.61. The Hall–Kier alpha value is -2.43. The number of hydrogen-bond acceptors (Lipinski definition) is 4. The van der Waals surface area contributed by atoms with E-state index in [4.69, 9.17) is 11.6 Å². The van der Waals surface area contributed by atoms with Crippen molar-refractivity contribution < 1.29 is 0 Å². The molecule has 4 aromatic rings. The molecule has 2 aromatic heterocycles. The minimum atomic E-state index is 0.725. The highest BCUT2D eigenvalue weighted by Gasteiger charge is 2.13. The van der Waals surface area contributed by atoms with Crippen molar-refractivity contribution in [2.75, 3.05) is 5.32 Å². The molecule has 118 valence electrons. The predicted molar refractivity (Wildman–Crippen MR) is 102 cm³/mol. The van der Waals surface area contributed by atoms with E-state index in [9.17, 15) is 0 Å². The normalized spacial score (nSPS) is 10.9. The number of nitrogens with one attached hydrogen (secondary N) is 1. The monoisotopic (exact) mass is 351 g/mol. The van der Waals surface area contributed by atoms with Gasteiger partial charge in [-0.15, -0.1) is 11.3 Å². The summed E-state index contributed by atoms with van der Waals surface area (Å²) in [5.41, 5.74) is 3.46. The topological polar surface area (TPSA) is 37.8 Å². The molecular formula is C19H14ClN3S. The summed E-state index contributed by atoms with van der Waals surface area (Å²) in [5, 5.41) is 7.35. The molecule has 0 unspecified atom stereocenters. The quantitative estimate of drug-likeness (QED) is 0.518. The Bertz CT molecular complexity index is 965. The van der Waals surface area contributed by atoms with Gasteiger partial charge in [0.15, 0.2) is 0 Å². The number of benzene rings is 2. The van der Waals surface area contributed by atoms with Gasteiger partial charge in [0, 0.05) is 22.5 Å². The second kappa shape index (κ2) is 6.59. The van der Waals surface area contributed by atoms with Crippen LogP contribution in [0, 0.1) is 0 Å². The Kier molecular flexibility index (Phi) is 4.15. The van der Waals surface area contributed by atoms with E-state index in [0.717, 1.165) is 38.7 Å². The highest BCUT2D eigenvalue weighted by molar-refractivity contribution is 7.17. The largest absolute Gasteiger partial charge is 0.365 e. The molecule has 0 amide bonds. The number of halogens is 1. The zero-order valence-electron chi connectivity index (χ0n) is 12.7. The van der Waals surface area contributed by atoms with Crippen molar-refractivity contribution >= 4 is 39.0 Å². The molecule has 0 saturated carbocycles. The zero-order chi connectivity index (χ0) is 16.4. The summed E-state index contributed by atoms with van der Waals surface area (Å²) in [7, 11) is 0. The molecule has 24 heavy (non-hydrogen) atoms. The Balaban J connectivity index is 1.73. The van der Waals surface area contributed by atoms with Crippen molar-refractivity contribution in [1.29, 1.82) is 0 Å². The fraction of sp³-hybridized carbons (Fsp3) is 0.0526. The van der Waals surface area contributed by atoms with E-state index in [1.807, 2.05) is 42.5 Å². The van der Waals surface area contributed by atoms with Crippen molar-refractivity contribution in [3.63, 3.8) is 0 Å². The van der Waals surface area contributed by atoms with Crippen LogP contribution in [-0.2, 0) is 6.54 Å². The van der Waals surface area contributed by atoms with E-state index in [1.165, 1.54) is 5.56 Å². The minimum absolute atomic E-state index is 0.725. The first kappa shape index (κ1) is 15.1. The molecule has 0 saturated heterocycles. The maximum atomic E-state index is 6.01. The van der Waals surface area contributed by atoms with Gasteiger partial charge in [-0.2, -0.15) is 0 Å². The molecule has 5 heteroatoms. The average Bonchev–Trinajstić information content (AvgIpc) is 3.06. The molecular weight excluding hydrogens is 338 g/mol. The Labute approximate surface area is 149 Å². The SMILES string of the molecule is Clc1ccc(-c2csc3ncnc(NCc4ccccc4)c23)cc1. The first-order valence-corrected chi connectivity index (χ1v) is 8.83. The van der Waals surface area contributed by atoms with Crippen LogP contribution >= 0.6 is 22.9 Å². The van der Waals surface area contributed by atoms with Gasteiger partial charge in [0.2, 0.25) is 0 Å². The second-order valence-electron chi connectivity index (χ2n) is 5.40. The minimum Gasteiger partial charge on any atom is -0.365 e. The lowest BCUT2D eigenvalue weighted by atomic mass is 10.1. The molecule has 0 radical (unpaired) electrons. The van der Waals surface area contributed by atoms with Crippen LogP contribution in [0.4, 0.5) is 5.82 Å². The summed E-state index contributed by atoms with van der Waals surface area (Å²) in [6.45, 7) is 0.725. The van der Waals surface area contributed by atoms with Crippen molar-refractivity contribution in [1.82, 2.24) is 9.97 Å². The zero-order valence-corrected chi connectivity index (χ0v) is 14.3. The van der Waals surface area contributed by atoms with Crippen LogP contribution in [0.1, 0.15) is 5.56 Å². The summed E-state index contributed by atoms with van der Waals surface area (Å²) >= 11 is 7.63. The number of fused-ring (bicyclic) bond motifs is 1. The van der Waals surface area contributed by atoms with Crippen LogP contribution in [-0.4, -0.2) is 9.97 Å². The fourth-order valence-corrected chi connectivity index (χ4v) is 3.67. The van der Waals surface area contributed by atoms with E-state index >= 15 is 0 Å². The maximum Gasteiger partial charge on any atom is 0.139 e. The van der Waals surface area contributed by atoms with E-state index < -0.39 is 0 Å². The number of nitrogens with zero attached hydrogens (tertiary/aromatic N) is 2. The molecule has 0 spiro atoms. The van der Waals surface area contributed by atoms with Gasteiger partial charge in [-0.25, -0.2) is 9.97 Å². The smallest absolute Gasteiger partial charge is 0.139 e. The number of thiophene rings is 1. The van der Waals surface area contributed by atoms with Crippen molar-refractivity contribution in [3.05, 3.63) is 76.9 Å².